The van der Waals surface area contributed by atoms with Crippen LogP contribution in [-0.2, 0) is 20.9 Å². The van der Waals surface area contributed by atoms with Gasteiger partial charge >= 0.3 is 0 Å². The lowest BCUT2D eigenvalue weighted by Crippen LogP contribution is -3.14. The SMILES string of the molecule is Cc1cc(OCc2ccccc2)ccc1C([O-])=C1C(=O)C(=O)N(CCC[NH+]2CCOCC2)C1c1ccc(Cl)cc1Cl. The summed E-state index contributed by atoms with van der Waals surface area (Å²) in [5, 5.41) is 14.7. The third-order valence-corrected chi connectivity index (χ3v) is 8.17. The van der Waals surface area contributed by atoms with E-state index in [9.17, 15) is 14.7 Å². The number of ether oxygens (including phenoxy) is 2. The first-order chi connectivity index (χ1) is 19.8. The van der Waals surface area contributed by atoms with Gasteiger partial charge in [-0.15, -0.1) is 0 Å². The summed E-state index contributed by atoms with van der Waals surface area (Å²) in [6.45, 7) is 6.55. The van der Waals surface area contributed by atoms with Crippen molar-refractivity contribution in [2.45, 2.75) is 26.0 Å². The molecule has 7 nitrogen and oxygen atoms in total. The number of rotatable bonds is 9. The Kier molecular flexibility index (Phi) is 9.30. The number of quaternary nitrogens is 1. The molecular weight excluding hydrogens is 563 g/mol. The minimum atomic E-state index is -0.902. The first-order valence-electron chi connectivity index (χ1n) is 13.7. The van der Waals surface area contributed by atoms with Gasteiger partial charge in [0.1, 0.15) is 25.4 Å². The standard InChI is InChI=1S/C32H32Cl2N2O5/c1-21-18-24(41-20-22-6-3-2-4-7-22)9-11-25(21)30(37)28-29(26-10-8-23(33)19-27(26)34)36(32(39)31(28)38)13-5-12-35-14-16-40-17-15-35/h2-4,6-11,18-19,29,37H,5,12-17,20H2,1H3. The van der Waals surface area contributed by atoms with E-state index in [1.807, 2.05) is 30.3 Å². The van der Waals surface area contributed by atoms with Crippen molar-refractivity contribution in [2.75, 3.05) is 39.4 Å². The predicted octanol–water partition coefficient (Wildman–Crippen LogP) is 3.41. The molecule has 1 unspecified atom stereocenters. The van der Waals surface area contributed by atoms with Crippen molar-refractivity contribution in [3.8, 4) is 5.75 Å². The van der Waals surface area contributed by atoms with Gasteiger partial charge in [-0.1, -0.05) is 71.4 Å². The van der Waals surface area contributed by atoms with Gasteiger partial charge in [-0.2, -0.15) is 0 Å². The number of carbonyl (C=O) groups is 2. The number of ketones is 1. The van der Waals surface area contributed by atoms with E-state index >= 15 is 0 Å². The Morgan fingerprint density at radius 2 is 1.80 bits per heavy atom. The Bertz CT molecular complexity index is 1450. The quantitative estimate of drug-likeness (QED) is 0.233. The third-order valence-electron chi connectivity index (χ3n) is 7.61. The van der Waals surface area contributed by atoms with E-state index in [2.05, 4.69) is 0 Å². The molecule has 2 aliphatic heterocycles. The van der Waals surface area contributed by atoms with Crippen LogP contribution in [0.25, 0.3) is 5.76 Å². The normalized spacial score (nSPS) is 19.1. The number of likely N-dealkylation sites (tertiary alicyclic amines) is 1. The number of halogens is 2. The number of amides is 1. The van der Waals surface area contributed by atoms with Gasteiger partial charge in [0.15, 0.2) is 0 Å². The second-order valence-electron chi connectivity index (χ2n) is 10.4. The zero-order valence-corrected chi connectivity index (χ0v) is 24.3. The first kappa shape index (κ1) is 29.1. The molecule has 0 bridgehead atoms. The molecule has 2 saturated heterocycles. The number of benzene rings is 3. The van der Waals surface area contributed by atoms with Crippen LogP contribution in [0.1, 0.15) is 34.7 Å². The summed E-state index contributed by atoms with van der Waals surface area (Å²) in [5.41, 5.74) is 2.40. The third kappa shape index (κ3) is 6.60. The van der Waals surface area contributed by atoms with Gasteiger partial charge in [-0.3, -0.25) is 9.59 Å². The lowest BCUT2D eigenvalue weighted by molar-refractivity contribution is -0.908. The fraction of sp³-hybridized carbons (Fsp3) is 0.312. The highest BCUT2D eigenvalue weighted by molar-refractivity contribution is 6.47. The maximum atomic E-state index is 14.0. The van der Waals surface area contributed by atoms with E-state index in [1.54, 1.807) is 43.3 Å². The topological polar surface area (TPSA) is 83.3 Å². The van der Waals surface area contributed by atoms with Gasteiger partial charge < -0.3 is 24.4 Å². The molecule has 5 rings (SSSR count). The van der Waals surface area contributed by atoms with Gasteiger partial charge in [0.25, 0.3) is 5.91 Å². The molecule has 0 saturated carbocycles. The lowest BCUT2D eigenvalue weighted by Gasteiger charge is -2.29. The van der Waals surface area contributed by atoms with Crippen LogP contribution in [-0.4, -0.2) is 56.0 Å². The summed E-state index contributed by atoms with van der Waals surface area (Å²) in [7, 11) is 0. The fourth-order valence-corrected chi connectivity index (χ4v) is 5.94. The number of nitrogens with one attached hydrogen (secondary N) is 1. The lowest BCUT2D eigenvalue weighted by atomic mass is 9.93. The molecule has 0 radical (unpaired) electrons. The molecule has 3 aromatic carbocycles. The van der Waals surface area contributed by atoms with Gasteiger partial charge in [-0.05, 0) is 53.4 Å². The summed E-state index contributed by atoms with van der Waals surface area (Å²) >= 11 is 12.7. The Morgan fingerprint density at radius 3 is 2.51 bits per heavy atom. The number of aryl methyl sites for hydroxylation is 1. The van der Waals surface area contributed by atoms with Crippen LogP contribution in [0.15, 0.2) is 72.3 Å². The van der Waals surface area contributed by atoms with E-state index in [0.717, 1.165) is 25.2 Å². The second kappa shape index (κ2) is 13.1. The highest BCUT2D eigenvalue weighted by Gasteiger charge is 2.44. The van der Waals surface area contributed by atoms with Crippen molar-refractivity contribution in [1.29, 1.82) is 0 Å². The molecule has 2 fully saturated rings. The van der Waals surface area contributed by atoms with Crippen molar-refractivity contribution in [2.24, 2.45) is 0 Å². The summed E-state index contributed by atoms with van der Waals surface area (Å²) in [5.74, 6) is -1.38. The molecule has 1 atom stereocenters. The molecule has 0 spiro atoms. The van der Waals surface area contributed by atoms with Gasteiger partial charge in [0.2, 0.25) is 5.78 Å². The first-order valence-corrected chi connectivity index (χ1v) is 14.5. The molecule has 41 heavy (non-hydrogen) atoms. The molecular formula is C32H32Cl2N2O5. The van der Waals surface area contributed by atoms with Crippen LogP contribution in [0.3, 0.4) is 0 Å². The summed E-state index contributed by atoms with van der Waals surface area (Å²) in [6.07, 6.45) is 0.671. The van der Waals surface area contributed by atoms with E-state index in [-0.39, 0.29) is 5.57 Å². The Morgan fingerprint density at radius 1 is 1.05 bits per heavy atom. The van der Waals surface area contributed by atoms with Crippen LogP contribution in [0, 0.1) is 6.92 Å². The smallest absolute Gasteiger partial charge is 0.295 e. The molecule has 0 aliphatic carbocycles. The van der Waals surface area contributed by atoms with E-state index in [0.29, 0.717) is 65.3 Å². The number of hydrogen-bond acceptors (Lipinski definition) is 5. The van der Waals surface area contributed by atoms with E-state index in [1.165, 1.54) is 9.80 Å². The molecule has 9 heteroatoms. The molecule has 3 aromatic rings. The minimum absolute atomic E-state index is 0.0982. The predicted molar refractivity (Wildman–Crippen MR) is 156 cm³/mol. The van der Waals surface area contributed by atoms with Crippen LogP contribution >= 0.6 is 23.2 Å². The number of Topliss-reactive ketones (excluding diaryl/α,β-unsaturated/α-hetero) is 1. The maximum absolute atomic E-state index is 14.0. The Labute approximate surface area is 249 Å². The van der Waals surface area contributed by atoms with Crippen LogP contribution < -0.4 is 14.7 Å². The highest BCUT2D eigenvalue weighted by Crippen LogP contribution is 2.42. The largest absolute Gasteiger partial charge is 0.872 e. The number of hydrogen-bond donors (Lipinski definition) is 1. The minimum Gasteiger partial charge on any atom is -0.872 e. The zero-order valence-electron chi connectivity index (χ0n) is 22.8. The summed E-state index contributed by atoms with van der Waals surface area (Å²) in [6, 6.07) is 18.9. The average Bonchev–Trinajstić information content (AvgIpc) is 3.22. The van der Waals surface area contributed by atoms with Crippen LogP contribution in [0.4, 0.5) is 0 Å². The monoisotopic (exact) mass is 594 g/mol. The molecule has 2 aliphatic rings. The van der Waals surface area contributed by atoms with Crippen molar-refractivity contribution in [3.05, 3.63) is 105 Å². The van der Waals surface area contributed by atoms with Gasteiger partial charge in [0.05, 0.1) is 25.8 Å². The van der Waals surface area contributed by atoms with Crippen molar-refractivity contribution < 1.29 is 29.1 Å². The molecule has 0 aromatic heterocycles. The fourth-order valence-electron chi connectivity index (χ4n) is 5.42. The Hall–Kier alpha value is -3.36. The summed E-state index contributed by atoms with van der Waals surface area (Å²) in [4.78, 5) is 29.6. The molecule has 214 valence electrons. The van der Waals surface area contributed by atoms with Crippen LogP contribution in [0.5, 0.6) is 5.75 Å². The summed E-state index contributed by atoms with van der Waals surface area (Å²) < 4.78 is 11.4. The molecule has 2 heterocycles. The average molecular weight is 596 g/mol. The highest BCUT2D eigenvalue weighted by atomic mass is 35.5. The maximum Gasteiger partial charge on any atom is 0.295 e. The number of morpholine rings is 1. The van der Waals surface area contributed by atoms with E-state index < -0.39 is 23.5 Å². The molecule has 1 amide bonds. The molecule has 1 N–H and O–H groups in total. The van der Waals surface area contributed by atoms with Crippen molar-refractivity contribution in [1.82, 2.24) is 4.90 Å². The zero-order chi connectivity index (χ0) is 28.9. The van der Waals surface area contributed by atoms with Gasteiger partial charge in [0, 0.05) is 28.6 Å². The van der Waals surface area contributed by atoms with Gasteiger partial charge in [-0.25, -0.2) is 0 Å². The van der Waals surface area contributed by atoms with Crippen molar-refractivity contribution in [3.63, 3.8) is 0 Å². The van der Waals surface area contributed by atoms with Crippen molar-refractivity contribution >= 4 is 40.7 Å². The Balaban J connectivity index is 1.45. The van der Waals surface area contributed by atoms with E-state index in [4.69, 9.17) is 32.7 Å². The van der Waals surface area contributed by atoms with Crippen LogP contribution in [0.2, 0.25) is 10.0 Å². The number of carbonyl (C=O) groups excluding carboxylic acids is 2. The second-order valence-corrected chi connectivity index (χ2v) is 11.2. The number of nitrogens with zero attached hydrogens (tertiary/aromatic N) is 1.